The van der Waals surface area contributed by atoms with E-state index in [9.17, 15) is 24.0 Å². The first-order valence-corrected chi connectivity index (χ1v) is 19.0. The van der Waals surface area contributed by atoms with Crippen LogP contribution < -0.4 is 10.1 Å². The Kier molecular flexibility index (Phi) is 12.6. The molecule has 2 N–H and O–H groups in total. The van der Waals surface area contributed by atoms with Gasteiger partial charge in [0.05, 0.1) is 36.6 Å². The van der Waals surface area contributed by atoms with Crippen LogP contribution in [-0.4, -0.2) is 86.1 Å². The monoisotopic (exact) mass is 713 g/mol. The number of rotatable bonds is 14. The molecule has 270 valence electrons. The number of nitrogens with one attached hydrogen (secondary N) is 1. The van der Waals surface area contributed by atoms with Crippen LogP contribution in [0.3, 0.4) is 0 Å². The summed E-state index contributed by atoms with van der Waals surface area (Å²) in [6.45, 7) is 7.36. The maximum atomic E-state index is 14.6. The van der Waals surface area contributed by atoms with E-state index in [0.29, 0.717) is 53.8 Å². The molecule has 2 heterocycles. The van der Waals surface area contributed by atoms with E-state index in [1.165, 1.54) is 19.4 Å². The van der Waals surface area contributed by atoms with Crippen LogP contribution in [0.1, 0.15) is 87.6 Å². The molecular weight excluding hydrogens is 667 g/mol. The SMILES string of the molecule is CCCCN(CCCC)C(=O)c1cc(C)n(-c2ccc(NC(=O)c3cc([S@@+](C)[O-])ccc3OC)cc2C(=O)N2Cc3ccccc3C[C@H]2CO)n1. The first kappa shape index (κ1) is 37.6. The number of aromatic nitrogens is 2. The van der Waals surface area contributed by atoms with E-state index >= 15 is 0 Å². The van der Waals surface area contributed by atoms with E-state index in [0.717, 1.165) is 36.8 Å². The molecule has 0 saturated heterocycles. The largest absolute Gasteiger partial charge is 0.612 e. The average molecular weight is 714 g/mol. The highest BCUT2D eigenvalue weighted by atomic mass is 32.2. The zero-order valence-electron chi connectivity index (χ0n) is 30.0. The number of aliphatic hydroxyl groups is 1. The summed E-state index contributed by atoms with van der Waals surface area (Å²) < 4.78 is 19.2. The van der Waals surface area contributed by atoms with Gasteiger partial charge in [0.1, 0.15) is 12.0 Å². The summed E-state index contributed by atoms with van der Waals surface area (Å²) >= 11 is -1.32. The average Bonchev–Trinajstić information content (AvgIpc) is 3.54. The summed E-state index contributed by atoms with van der Waals surface area (Å²) in [4.78, 5) is 45.9. The third-order valence-corrected chi connectivity index (χ3v) is 10.2. The minimum absolute atomic E-state index is 0.160. The fourth-order valence-corrected chi connectivity index (χ4v) is 6.90. The summed E-state index contributed by atoms with van der Waals surface area (Å²) in [5.41, 5.74) is 4.21. The van der Waals surface area contributed by atoms with Crippen LogP contribution in [0.4, 0.5) is 5.69 Å². The molecule has 0 spiro atoms. The number of anilines is 1. The molecule has 5 rings (SSSR count). The normalized spacial score (nSPS) is 14.5. The maximum absolute atomic E-state index is 14.6. The van der Waals surface area contributed by atoms with Crippen molar-refractivity contribution in [2.24, 2.45) is 0 Å². The van der Waals surface area contributed by atoms with Crippen LogP contribution in [-0.2, 0) is 24.1 Å². The quantitative estimate of drug-likeness (QED) is 0.158. The van der Waals surface area contributed by atoms with Gasteiger partial charge in [0, 0.05) is 37.1 Å². The van der Waals surface area contributed by atoms with Gasteiger partial charge in [0.25, 0.3) is 17.7 Å². The second-order valence-corrected chi connectivity index (χ2v) is 14.2. The fourth-order valence-electron chi connectivity index (χ4n) is 6.35. The first-order valence-electron chi connectivity index (χ1n) is 17.4. The lowest BCUT2D eigenvalue weighted by Gasteiger charge is -2.36. The van der Waals surface area contributed by atoms with Crippen LogP contribution in [0.2, 0.25) is 0 Å². The molecule has 12 heteroatoms. The van der Waals surface area contributed by atoms with E-state index in [1.807, 2.05) is 36.1 Å². The van der Waals surface area contributed by atoms with Crippen molar-refractivity contribution in [3.8, 4) is 11.4 Å². The third-order valence-electron chi connectivity index (χ3n) is 9.24. The lowest BCUT2D eigenvalue weighted by Crippen LogP contribution is -2.46. The van der Waals surface area contributed by atoms with Crippen molar-refractivity contribution in [3.05, 3.63) is 100 Å². The first-order chi connectivity index (χ1) is 24.6. The van der Waals surface area contributed by atoms with E-state index in [2.05, 4.69) is 19.2 Å². The van der Waals surface area contributed by atoms with Gasteiger partial charge in [0.15, 0.2) is 10.6 Å². The molecule has 11 nitrogen and oxygen atoms in total. The Balaban J connectivity index is 1.56. The van der Waals surface area contributed by atoms with Crippen molar-refractivity contribution in [3.63, 3.8) is 0 Å². The molecule has 1 aromatic heterocycles. The second-order valence-electron chi connectivity index (χ2n) is 12.8. The van der Waals surface area contributed by atoms with Gasteiger partial charge in [0.2, 0.25) is 0 Å². The van der Waals surface area contributed by atoms with Gasteiger partial charge in [-0.15, -0.1) is 0 Å². The van der Waals surface area contributed by atoms with Gasteiger partial charge < -0.3 is 29.5 Å². The molecule has 2 atom stereocenters. The lowest BCUT2D eigenvalue weighted by molar-refractivity contribution is 0.0544. The number of carbonyl (C=O) groups excluding carboxylic acids is 3. The number of fused-ring (bicyclic) bond motifs is 1. The predicted molar refractivity (Wildman–Crippen MR) is 198 cm³/mol. The van der Waals surface area contributed by atoms with Crippen molar-refractivity contribution in [2.75, 3.05) is 38.4 Å². The molecule has 0 unspecified atom stereocenters. The fraction of sp³-hybridized carbons (Fsp3) is 0.385. The maximum Gasteiger partial charge on any atom is 0.274 e. The Hall–Kier alpha value is -4.65. The predicted octanol–water partition coefficient (Wildman–Crippen LogP) is 5.78. The highest BCUT2D eigenvalue weighted by Gasteiger charge is 2.32. The summed E-state index contributed by atoms with van der Waals surface area (Å²) in [6.07, 6.45) is 5.72. The Labute approximate surface area is 302 Å². The summed E-state index contributed by atoms with van der Waals surface area (Å²) in [5.74, 6) is -0.713. The molecule has 0 aliphatic carbocycles. The topological polar surface area (TPSA) is 140 Å². The molecule has 0 fully saturated rings. The standard InChI is InChI=1S/C39H47N5O6S/c1-6-8-18-42(19-9-7-2)39(48)34-20-26(3)44(41-34)35-16-14-29(40-37(46)33-23-31(51(5)49)15-17-36(33)50-4)22-32(35)38(47)43-24-28-13-11-10-12-27(28)21-30(43)25-45/h10-17,20,22-23,30,45H,6-9,18-19,21,24-25H2,1-5H3,(H,40,46)/t30-,51+/m0/s1. The summed E-state index contributed by atoms with van der Waals surface area (Å²) in [7, 11) is 1.45. The van der Waals surface area contributed by atoms with Gasteiger partial charge in [-0.2, -0.15) is 5.10 Å². The Bertz CT molecular complexity index is 1870. The highest BCUT2D eigenvalue weighted by Crippen LogP contribution is 2.30. The number of hydrogen-bond donors (Lipinski definition) is 2. The van der Waals surface area contributed by atoms with Gasteiger partial charge in [-0.3, -0.25) is 14.4 Å². The molecule has 1 aliphatic rings. The number of aliphatic hydroxyl groups excluding tert-OH is 1. The van der Waals surface area contributed by atoms with Crippen molar-refractivity contribution >= 4 is 34.6 Å². The molecule has 3 amide bonds. The second kappa shape index (κ2) is 17.0. The number of carbonyl (C=O) groups is 3. The van der Waals surface area contributed by atoms with Crippen LogP contribution in [0, 0.1) is 6.92 Å². The minimum Gasteiger partial charge on any atom is -0.612 e. The van der Waals surface area contributed by atoms with Crippen LogP contribution >= 0.6 is 0 Å². The Morgan fingerprint density at radius 2 is 1.71 bits per heavy atom. The molecule has 4 aromatic rings. The number of amides is 3. The van der Waals surface area contributed by atoms with Crippen molar-refractivity contribution in [1.82, 2.24) is 19.6 Å². The Morgan fingerprint density at radius 1 is 1.00 bits per heavy atom. The summed E-state index contributed by atoms with van der Waals surface area (Å²) in [6, 6.07) is 18.9. The number of aryl methyl sites for hydroxylation is 1. The van der Waals surface area contributed by atoms with Gasteiger partial charge >= 0.3 is 0 Å². The molecule has 3 aromatic carbocycles. The third kappa shape index (κ3) is 8.46. The molecule has 0 bridgehead atoms. The smallest absolute Gasteiger partial charge is 0.274 e. The van der Waals surface area contributed by atoms with Crippen molar-refractivity contribution in [2.45, 2.75) is 70.4 Å². The van der Waals surface area contributed by atoms with Crippen LogP contribution in [0.25, 0.3) is 5.69 Å². The number of hydrogen-bond acceptors (Lipinski definition) is 7. The zero-order chi connectivity index (χ0) is 36.7. The van der Waals surface area contributed by atoms with Crippen LogP contribution in [0.5, 0.6) is 5.75 Å². The Morgan fingerprint density at radius 3 is 2.35 bits per heavy atom. The van der Waals surface area contributed by atoms with E-state index in [1.54, 1.807) is 46.0 Å². The number of nitrogens with zero attached hydrogens (tertiary/aromatic N) is 4. The van der Waals surface area contributed by atoms with Crippen molar-refractivity contribution in [1.29, 1.82) is 0 Å². The molecular formula is C39H47N5O6S. The number of methoxy groups -OCH3 is 1. The van der Waals surface area contributed by atoms with E-state index in [-0.39, 0.29) is 35.2 Å². The number of ether oxygens (including phenoxy) is 1. The molecule has 51 heavy (non-hydrogen) atoms. The molecule has 0 saturated carbocycles. The van der Waals surface area contributed by atoms with Crippen LogP contribution in [0.15, 0.2) is 71.6 Å². The number of benzene rings is 3. The highest BCUT2D eigenvalue weighted by molar-refractivity contribution is 7.90. The zero-order valence-corrected chi connectivity index (χ0v) is 30.8. The van der Waals surface area contributed by atoms with E-state index < -0.39 is 23.1 Å². The number of unbranched alkanes of at least 4 members (excludes halogenated alkanes) is 2. The minimum atomic E-state index is -1.32. The lowest BCUT2D eigenvalue weighted by atomic mass is 9.93. The van der Waals surface area contributed by atoms with Gasteiger partial charge in [-0.1, -0.05) is 51.0 Å². The van der Waals surface area contributed by atoms with Gasteiger partial charge in [-0.05, 0) is 84.9 Å². The van der Waals surface area contributed by atoms with Crippen molar-refractivity contribution < 1.29 is 28.8 Å². The van der Waals surface area contributed by atoms with E-state index in [4.69, 9.17) is 9.84 Å². The van der Waals surface area contributed by atoms with Gasteiger partial charge in [-0.25, -0.2) is 4.68 Å². The summed E-state index contributed by atoms with van der Waals surface area (Å²) in [5, 5.41) is 18.0. The molecule has 1 aliphatic heterocycles. The molecule has 0 radical (unpaired) electrons.